The lowest BCUT2D eigenvalue weighted by atomic mass is 9.82. The standard InChI is InChI=1S/C32H35N3O4S2/c1-3-41(37,38)27-10-6-24(7-11-27)21-34-30(36)28-18-26-19-31(12-13-31)39-32(29(26)40-28)14-16-35(17-15-32)22(2)25-8-4-23(20-33)5-9-25/h4-11,18,22H,3,12-17,19,21H2,1-2H3,(H,34,36). The molecular formula is C32H35N3O4S2. The lowest BCUT2D eigenvalue weighted by Gasteiger charge is -2.48. The van der Waals surface area contributed by atoms with Gasteiger partial charge in [-0.05, 0) is 79.6 Å². The number of hydrogen-bond donors (Lipinski definition) is 1. The number of ether oxygens (including phenoxy) is 1. The van der Waals surface area contributed by atoms with Gasteiger partial charge in [0.2, 0.25) is 0 Å². The maximum Gasteiger partial charge on any atom is 0.261 e. The summed E-state index contributed by atoms with van der Waals surface area (Å²) in [7, 11) is -3.25. The Balaban J connectivity index is 1.15. The molecule has 1 atom stereocenters. The molecule has 1 aromatic heterocycles. The summed E-state index contributed by atoms with van der Waals surface area (Å²) in [5.41, 5.74) is 3.56. The van der Waals surface area contributed by atoms with E-state index < -0.39 is 9.84 Å². The topological polar surface area (TPSA) is 99.5 Å². The van der Waals surface area contributed by atoms with Crippen LogP contribution in [0.4, 0.5) is 0 Å². The lowest BCUT2D eigenvalue weighted by molar-refractivity contribution is -0.152. The van der Waals surface area contributed by atoms with Crippen LogP contribution in [0.1, 0.15) is 82.4 Å². The Kier molecular flexibility index (Phi) is 7.31. The highest BCUT2D eigenvalue weighted by Gasteiger charge is 2.56. The minimum absolute atomic E-state index is 0.0623. The molecule has 0 bridgehead atoms. The first-order chi connectivity index (χ1) is 19.7. The first-order valence-electron chi connectivity index (χ1n) is 14.3. The molecule has 1 amide bonds. The number of nitrogens with zero attached hydrogens (tertiary/aromatic N) is 2. The van der Waals surface area contributed by atoms with Crippen LogP contribution in [0.25, 0.3) is 0 Å². The third-order valence-electron chi connectivity index (χ3n) is 8.97. The molecule has 3 heterocycles. The second kappa shape index (κ2) is 10.7. The minimum atomic E-state index is -3.25. The smallest absolute Gasteiger partial charge is 0.261 e. The maximum atomic E-state index is 13.2. The van der Waals surface area contributed by atoms with E-state index in [0.717, 1.165) is 50.8 Å². The van der Waals surface area contributed by atoms with E-state index >= 15 is 0 Å². The third-order valence-corrected chi connectivity index (χ3v) is 12.1. The third kappa shape index (κ3) is 5.46. The number of fused-ring (bicyclic) bond motifs is 2. The van der Waals surface area contributed by atoms with Crippen molar-refractivity contribution in [2.75, 3.05) is 18.8 Å². The van der Waals surface area contributed by atoms with Gasteiger partial charge in [-0.15, -0.1) is 11.3 Å². The van der Waals surface area contributed by atoms with E-state index in [0.29, 0.717) is 21.9 Å². The zero-order chi connectivity index (χ0) is 28.8. The van der Waals surface area contributed by atoms with Crippen LogP contribution in [-0.4, -0.2) is 43.7 Å². The van der Waals surface area contributed by atoms with Gasteiger partial charge in [0.05, 0.1) is 32.8 Å². The first kappa shape index (κ1) is 28.1. The first-order valence-corrected chi connectivity index (χ1v) is 16.8. The van der Waals surface area contributed by atoms with Crippen LogP contribution < -0.4 is 5.32 Å². The molecule has 1 aliphatic carbocycles. The average molecular weight is 590 g/mol. The van der Waals surface area contributed by atoms with E-state index in [-0.39, 0.29) is 28.9 Å². The molecule has 2 aromatic carbocycles. The minimum Gasteiger partial charge on any atom is -0.363 e. The molecule has 1 unspecified atom stereocenters. The van der Waals surface area contributed by atoms with Gasteiger partial charge in [-0.1, -0.05) is 31.2 Å². The van der Waals surface area contributed by atoms with Gasteiger partial charge < -0.3 is 10.1 Å². The van der Waals surface area contributed by atoms with Crippen LogP contribution in [-0.2, 0) is 33.1 Å². The molecule has 1 saturated carbocycles. The average Bonchev–Trinajstić information content (AvgIpc) is 3.58. The van der Waals surface area contributed by atoms with Crippen molar-refractivity contribution in [1.29, 1.82) is 5.26 Å². The van der Waals surface area contributed by atoms with Crippen LogP contribution in [0.15, 0.2) is 59.5 Å². The summed E-state index contributed by atoms with van der Waals surface area (Å²) < 4.78 is 31.1. The second-order valence-electron chi connectivity index (χ2n) is 11.6. The van der Waals surface area contributed by atoms with E-state index in [1.807, 2.05) is 24.3 Å². The summed E-state index contributed by atoms with van der Waals surface area (Å²) in [4.78, 5) is 17.9. The maximum absolute atomic E-state index is 13.2. The Bertz CT molecular complexity index is 1590. The van der Waals surface area contributed by atoms with Crippen molar-refractivity contribution in [1.82, 2.24) is 10.2 Å². The Morgan fingerprint density at radius 3 is 2.39 bits per heavy atom. The molecule has 9 heteroatoms. The van der Waals surface area contributed by atoms with Gasteiger partial charge in [0, 0.05) is 37.0 Å². The quantitative estimate of drug-likeness (QED) is 0.391. The van der Waals surface area contributed by atoms with Gasteiger partial charge in [-0.3, -0.25) is 9.69 Å². The highest BCUT2D eigenvalue weighted by atomic mass is 32.2. The number of nitriles is 1. The van der Waals surface area contributed by atoms with Gasteiger partial charge in [0.15, 0.2) is 9.84 Å². The summed E-state index contributed by atoms with van der Waals surface area (Å²) in [6.07, 6.45) is 4.78. The fourth-order valence-electron chi connectivity index (χ4n) is 6.22. The summed E-state index contributed by atoms with van der Waals surface area (Å²) in [6.45, 7) is 5.99. The number of likely N-dealkylation sites (tertiary alicyclic amines) is 1. The van der Waals surface area contributed by atoms with Crippen LogP contribution in [0, 0.1) is 11.3 Å². The predicted molar refractivity (Wildman–Crippen MR) is 158 cm³/mol. The monoisotopic (exact) mass is 589 g/mol. The molecular weight excluding hydrogens is 555 g/mol. The number of benzene rings is 2. The predicted octanol–water partition coefficient (Wildman–Crippen LogP) is 5.50. The molecule has 2 aliphatic heterocycles. The van der Waals surface area contributed by atoms with E-state index in [9.17, 15) is 13.2 Å². The molecule has 3 aromatic rings. The molecule has 214 valence electrons. The normalized spacial score (nSPS) is 19.8. The van der Waals surface area contributed by atoms with Crippen molar-refractivity contribution < 1.29 is 17.9 Å². The van der Waals surface area contributed by atoms with Crippen molar-refractivity contribution in [3.8, 4) is 6.07 Å². The largest absolute Gasteiger partial charge is 0.363 e. The van der Waals surface area contributed by atoms with E-state index in [1.165, 1.54) is 16.0 Å². The molecule has 2 fully saturated rings. The number of amides is 1. The van der Waals surface area contributed by atoms with Crippen molar-refractivity contribution in [2.24, 2.45) is 0 Å². The SMILES string of the molecule is CCS(=O)(=O)c1ccc(CNC(=O)c2cc3c(s2)C2(CCN(C(C)c4ccc(C#N)cc4)CC2)OC2(CC2)C3)cc1. The number of rotatable bonds is 7. The molecule has 2 spiro atoms. The number of sulfone groups is 1. The molecule has 6 rings (SSSR count). The zero-order valence-corrected chi connectivity index (χ0v) is 25.1. The number of hydrogen-bond acceptors (Lipinski definition) is 7. The van der Waals surface area contributed by atoms with Crippen LogP contribution in [0.3, 0.4) is 0 Å². The number of piperidine rings is 1. The van der Waals surface area contributed by atoms with Gasteiger partial charge in [0.1, 0.15) is 5.60 Å². The zero-order valence-electron chi connectivity index (χ0n) is 23.5. The molecule has 7 nitrogen and oxygen atoms in total. The summed E-state index contributed by atoms with van der Waals surface area (Å²) >= 11 is 1.57. The van der Waals surface area contributed by atoms with Gasteiger partial charge >= 0.3 is 0 Å². The van der Waals surface area contributed by atoms with E-state index in [4.69, 9.17) is 10.00 Å². The van der Waals surface area contributed by atoms with Crippen molar-refractivity contribution in [2.45, 2.75) is 74.6 Å². The van der Waals surface area contributed by atoms with Crippen molar-refractivity contribution in [3.05, 3.63) is 86.6 Å². The number of nitrogens with one attached hydrogen (secondary N) is 1. The number of carbonyl (C=O) groups is 1. The van der Waals surface area contributed by atoms with Crippen LogP contribution in [0.5, 0.6) is 0 Å². The van der Waals surface area contributed by atoms with Gasteiger partial charge in [-0.2, -0.15) is 5.26 Å². The highest BCUT2D eigenvalue weighted by Crippen LogP contribution is 2.57. The molecule has 1 saturated heterocycles. The van der Waals surface area contributed by atoms with Crippen LogP contribution >= 0.6 is 11.3 Å². The fraction of sp³-hybridized carbons (Fsp3) is 0.438. The molecule has 41 heavy (non-hydrogen) atoms. The molecule has 1 N–H and O–H groups in total. The molecule has 3 aliphatic rings. The Morgan fingerprint density at radius 1 is 1.10 bits per heavy atom. The van der Waals surface area contributed by atoms with Crippen LogP contribution in [0.2, 0.25) is 0 Å². The van der Waals surface area contributed by atoms with Gasteiger partial charge in [-0.25, -0.2) is 8.42 Å². The van der Waals surface area contributed by atoms with E-state index in [1.54, 1.807) is 42.5 Å². The summed E-state index contributed by atoms with van der Waals surface area (Å²) in [5.74, 6) is -0.0474. The summed E-state index contributed by atoms with van der Waals surface area (Å²) in [6, 6.07) is 19.1. The fourth-order valence-corrected chi connectivity index (χ4v) is 8.38. The highest BCUT2D eigenvalue weighted by molar-refractivity contribution is 7.91. The summed E-state index contributed by atoms with van der Waals surface area (Å²) in [5, 5.41) is 12.2. The van der Waals surface area contributed by atoms with E-state index in [2.05, 4.69) is 29.3 Å². The van der Waals surface area contributed by atoms with Gasteiger partial charge in [0.25, 0.3) is 5.91 Å². The number of thiophene rings is 1. The Hall–Kier alpha value is -3.03. The molecule has 0 radical (unpaired) electrons. The van der Waals surface area contributed by atoms with Crippen molar-refractivity contribution >= 4 is 27.1 Å². The Labute approximate surface area is 246 Å². The number of carbonyl (C=O) groups excluding carboxylic acids is 1. The van der Waals surface area contributed by atoms with Crippen molar-refractivity contribution in [3.63, 3.8) is 0 Å². The lowest BCUT2D eigenvalue weighted by Crippen LogP contribution is -2.49. The Morgan fingerprint density at radius 2 is 1.78 bits per heavy atom. The second-order valence-corrected chi connectivity index (χ2v) is 14.9.